The van der Waals surface area contributed by atoms with Crippen molar-refractivity contribution in [3.63, 3.8) is 0 Å². The minimum Gasteiger partial charge on any atom is -0.486 e. The topological polar surface area (TPSA) is 90.1 Å². The number of fused-ring (bicyclic) bond motifs is 1. The monoisotopic (exact) mass is 378 g/mol. The minimum atomic E-state index is 0.179. The number of hydrogen-bond acceptors (Lipinski definition) is 8. The number of nitrogen functional groups attached to an aromatic ring is 1. The van der Waals surface area contributed by atoms with Crippen LogP contribution in [0.5, 0.6) is 5.75 Å². The predicted molar refractivity (Wildman–Crippen MR) is 108 cm³/mol. The average Bonchev–Trinajstić information content (AvgIpc) is 3.10. The van der Waals surface area contributed by atoms with E-state index in [1.54, 1.807) is 16.2 Å². The fourth-order valence-corrected chi connectivity index (χ4v) is 3.50. The number of nitrogens with two attached hydrogens (primary N) is 1. The van der Waals surface area contributed by atoms with E-state index in [-0.39, 0.29) is 12.6 Å². The summed E-state index contributed by atoms with van der Waals surface area (Å²) in [7, 11) is 3.69. The Kier molecular flexibility index (Phi) is 4.55. The highest BCUT2D eigenvalue weighted by molar-refractivity contribution is 7.21. The zero-order valence-corrected chi connectivity index (χ0v) is 15.8. The van der Waals surface area contributed by atoms with Gasteiger partial charge in [0.1, 0.15) is 17.4 Å². The molecule has 0 atom stereocenters. The molecule has 27 heavy (non-hydrogen) atoms. The first-order valence-electron chi connectivity index (χ1n) is 8.35. The Bertz CT molecular complexity index is 1040. The van der Waals surface area contributed by atoms with E-state index in [1.165, 1.54) is 4.70 Å². The maximum atomic E-state index is 5.79. The summed E-state index contributed by atoms with van der Waals surface area (Å²) in [4.78, 5) is 19.0. The molecule has 0 saturated carbocycles. The van der Waals surface area contributed by atoms with Gasteiger partial charge < -0.3 is 15.4 Å². The highest BCUT2D eigenvalue weighted by Crippen LogP contribution is 2.30. The Labute approximate surface area is 160 Å². The van der Waals surface area contributed by atoms with Gasteiger partial charge in [-0.2, -0.15) is 15.0 Å². The molecule has 2 N–H and O–H groups in total. The quantitative estimate of drug-likeness (QED) is 0.569. The first-order valence-corrected chi connectivity index (χ1v) is 9.17. The third-order valence-electron chi connectivity index (χ3n) is 3.85. The van der Waals surface area contributed by atoms with Gasteiger partial charge in [0.2, 0.25) is 11.9 Å². The van der Waals surface area contributed by atoms with E-state index in [0.29, 0.717) is 11.8 Å². The predicted octanol–water partition coefficient (Wildman–Crippen LogP) is 3.38. The van der Waals surface area contributed by atoms with Crippen LogP contribution in [-0.2, 0) is 6.61 Å². The molecule has 2 heterocycles. The molecule has 0 radical (unpaired) electrons. The van der Waals surface area contributed by atoms with Crippen LogP contribution in [0.15, 0.2) is 48.5 Å². The first kappa shape index (κ1) is 17.2. The Hall–Kier alpha value is -3.26. The number of anilines is 2. The molecule has 0 saturated heterocycles. The van der Waals surface area contributed by atoms with Crippen LogP contribution in [0, 0.1) is 0 Å². The van der Waals surface area contributed by atoms with Crippen LogP contribution >= 0.6 is 11.3 Å². The minimum absolute atomic E-state index is 0.179. The molecule has 0 fully saturated rings. The number of ether oxygens (including phenoxy) is 1. The molecule has 0 amide bonds. The summed E-state index contributed by atoms with van der Waals surface area (Å²) in [6.45, 7) is 0.216. The van der Waals surface area contributed by atoms with Crippen LogP contribution in [0.2, 0.25) is 0 Å². The van der Waals surface area contributed by atoms with Crippen molar-refractivity contribution < 1.29 is 4.74 Å². The number of rotatable bonds is 5. The molecule has 4 aromatic rings. The SMILES string of the molecule is CN(C)c1nc(N)nc(COc2ccc(-c3nc4ccccc4s3)cc2)n1. The smallest absolute Gasteiger partial charge is 0.230 e. The number of hydrogen-bond donors (Lipinski definition) is 1. The second-order valence-corrected chi connectivity index (χ2v) is 7.13. The van der Waals surface area contributed by atoms with E-state index in [9.17, 15) is 0 Å². The fourth-order valence-electron chi connectivity index (χ4n) is 2.53. The van der Waals surface area contributed by atoms with Gasteiger partial charge in [-0.15, -0.1) is 11.3 Å². The Morgan fingerprint density at radius 2 is 1.74 bits per heavy atom. The van der Waals surface area contributed by atoms with Crippen molar-refractivity contribution in [1.29, 1.82) is 0 Å². The molecule has 0 aliphatic carbocycles. The molecule has 0 aliphatic heterocycles. The van der Waals surface area contributed by atoms with Crippen molar-refractivity contribution >= 4 is 33.5 Å². The number of nitrogens with zero attached hydrogens (tertiary/aromatic N) is 5. The van der Waals surface area contributed by atoms with E-state index in [2.05, 4.69) is 26.0 Å². The molecule has 0 unspecified atom stereocenters. The second kappa shape index (κ2) is 7.16. The largest absolute Gasteiger partial charge is 0.486 e. The lowest BCUT2D eigenvalue weighted by atomic mass is 10.2. The molecule has 4 rings (SSSR count). The average molecular weight is 378 g/mol. The molecular weight excluding hydrogens is 360 g/mol. The van der Waals surface area contributed by atoms with Gasteiger partial charge in [-0.1, -0.05) is 12.1 Å². The van der Waals surface area contributed by atoms with Gasteiger partial charge in [-0.05, 0) is 36.4 Å². The summed E-state index contributed by atoms with van der Waals surface area (Å²) >= 11 is 1.67. The van der Waals surface area contributed by atoms with Crippen LogP contribution < -0.4 is 15.4 Å². The fraction of sp³-hybridized carbons (Fsp3) is 0.158. The Morgan fingerprint density at radius 3 is 2.48 bits per heavy atom. The number of aromatic nitrogens is 4. The van der Waals surface area contributed by atoms with Gasteiger partial charge in [0.15, 0.2) is 5.82 Å². The van der Waals surface area contributed by atoms with Crippen molar-refractivity contribution in [2.24, 2.45) is 0 Å². The van der Waals surface area contributed by atoms with Crippen molar-refractivity contribution in [2.45, 2.75) is 6.61 Å². The highest BCUT2D eigenvalue weighted by Gasteiger charge is 2.08. The summed E-state index contributed by atoms with van der Waals surface area (Å²) in [6, 6.07) is 16.0. The van der Waals surface area contributed by atoms with Crippen LogP contribution in [-0.4, -0.2) is 34.0 Å². The maximum absolute atomic E-state index is 5.79. The van der Waals surface area contributed by atoms with E-state index in [0.717, 1.165) is 21.8 Å². The summed E-state index contributed by atoms with van der Waals surface area (Å²) in [6.07, 6.45) is 0. The zero-order valence-electron chi connectivity index (χ0n) is 15.0. The summed E-state index contributed by atoms with van der Waals surface area (Å²) in [5, 5.41) is 0.989. The van der Waals surface area contributed by atoms with Gasteiger partial charge in [0, 0.05) is 19.7 Å². The molecule has 7 nitrogen and oxygen atoms in total. The Balaban J connectivity index is 1.48. The standard InChI is InChI=1S/C19H18N6OS/c1-25(2)19-23-16(22-18(20)24-19)11-26-13-9-7-12(8-10-13)17-21-14-5-3-4-6-15(14)27-17/h3-10H,11H2,1-2H3,(H2,20,22,23,24). The first-order chi connectivity index (χ1) is 13.1. The van der Waals surface area contributed by atoms with E-state index in [1.807, 2.05) is 56.6 Å². The highest BCUT2D eigenvalue weighted by atomic mass is 32.1. The van der Waals surface area contributed by atoms with Crippen molar-refractivity contribution in [3.8, 4) is 16.3 Å². The lowest BCUT2D eigenvalue weighted by molar-refractivity contribution is 0.295. The van der Waals surface area contributed by atoms with Crippen molar-refractivity contribution in [3.05, 3.63) is 54.4 Å². The summed E-state index contributed by atoms with van der Waals surface area (Å²) < 4.78 is 6.97. The third-order valence-corrected chi connectivity index (χ3v) is 4.94. The van der Waals surface area contributed by atoms with Crippen molar-refractivity contribution in [2.75, 3.05) is 24.7 Å². The summed E-state index contributed by atoms with van der Waals surface area (Å²) in [5.41, 5.74) is 7.81. The van der Waals surface area contributed by atoms with Gasteiger partial charge >= 0.3 is 0 Å². The van der Waals surface area contributed by atoms with E-state index < -0.39 is 0 Å². The molecule has 8 heteroatoms. The molecule has 0 aliphatic rings. The van der Waals surface area contributed by atoms with Crippen LogP contribution in [0.25, 0.3) is 20.8 Å². The van der Waals surface area contributed by atoms with Crippen LogP contribution in [0.4, 0.5) is 11.9 Å². The molecule has 0 bridgehead atoms. The Morgan fingerprint density at radius 1 is 0.963 bits per heavy atom. The lowest BCUT2D eigenvalue weighted by Crippen LogP contribution is -2.16. The van der Waals surface area contributed by atoms with Gasteiger partial charge in [-0.25, -0.2) is 4.98 Å². The molecular formula is C19H18N6OS. The summed E-state index contributed by atoms with van der Waals surface area (Å²) in [5.74, 6) is 1.90. The van der Waals surface area contributed by atoms with Crippen LogP contribution in [0.1, 0.15) is 5.82 Å². The number of para-hydroxylation sites is 1. The van der Waals surface area contributed by atoms with Gasteiger partial charge in [-0.3, -0.25) is 0 Å². The van der Waals surface area contributed by atoms with E-state index in [4.69, 9.17) is 10.5 Å². The lowest BCUT2D eigenvalue weighted by Gasteiger charge is -2.12. The van der Waals surface area contributed by atoms with Gasteiger partial charge in [0.05, 0.1) is 10.2 Å². The number of thiazole rings is 1. The normalized spacial score (nSPS) is 10.9. The molecule has 2 aromatic heterocycles. The maximum Gasteiger partial charge on any atom is 0.230 e. The molecule has 136 valence electrons. The van der Waals surface area contributed by atoms with Crippen LogP contribution in [0.3, 0.4) is 0 Å². The molecule has 2 aromatic carbocycles. The zero-order chi connectivity index (χ0) is 18.8. The van der Waals surface area contributed by atoms with Crippen molar-refractivity contribution in [1.82, 2.24) is 19.9 Å². The van der Waals surface area contributed by atoms with E-state index >= 15 is 0 Å². The molecule has 0 spiro atoms. The third kappa shape index (κ3) is 3.80. The number of benzene rings is 2. The van der Waals surface area contributed by atoms with Gasteiger partial charge in [0.25, 0.3) is 0 Å². The second-order valence-electron chi connectivity index (χ2n) is 6.10.